The number of fused-ring (bicyclic) bond motifs is 1. The lowest BCUT2D eigenvalue weighted by Gasteiger charge is -2.12. The van der Waals surface area contributed by atoms with Crippen LogP contribution in [0.15, 0.2) is 65.1 Å². The molecule has 4 rings (SSSR count). The van der Waals surface area contributed by atoms with E-state index in [1.807, 2.05) is 24.3 Å². The van der Waals surface area contributed by atoms with E-state index >= 15 is 0 Å². The van der Waals surface area contributed by atoms with E-state index in [4.69, 9.17) is 16.9 Å². The lowest BCUT2D eigenvalue weighted by atomic mass is 10.1. The van der Waals surface area contributed by atoms with Gasteiger partial charge in [0.15, 0.2) is 11.0 Å². The highest BCUT2D eigenvalue weighted by Gasteiger charge is 2.10. The Balaban J connectivity index is 1.39. The van der Waals surface area contributed by atoms with Crippen LogP contribution in [0.5, 0.6) is 0 Å². The number of nitrogens with zero attached hydrogens (tertiary/aromatic N) is 6. The van der Waals surface area contributed by atoms with Crippen molar-refractivity contribution in [1.82, 2.24) is 19.9 Å². The third kappa shape index (κ3) is 7.43. The van der Waals surface area contributed by atoms with Crippen molar-refractivity contribution in [2.24, 2.45) is 21.5 Å². The summed E-state index contributed by atoms with van der Waals surface area (Å²) < 4.78 is 0. The molecule has 0 radical (unpaired) electrons. The Kier molecular flexibility index (Phi) is 9.12. The minimum Gasteiger partial charge on any atom is -0.404 e. The second kappa shape index (κ2) is 12.9. The number of aliphatic imine (C=N–C) groups is 2. The summed E-state index contributed by atoms with van der Waals surface area (Å²) in [6.07, 6.45) is 12.6. The van der Waals surface area contributed by atoms with Crippen molar-refractivity contribution < 1.29 is 0 Å². The summed E-state index contributed by atoms with van der Waals surface area (Å²) in [5.41, 5.74) is 16.0. The van der Waals surface area contributed by atoms with Crippen LogP contribution in [0.4, 0.5) is 5.82 Å². The molecule has 1 aliphatic rings. The molecule has 0 bridgehead atoms. The van der Waals surface area contributed by atoms with Crippen LogP contribution in [0.1, 0.15) is 30.4 Å². The molecule has 0 spiro atoms. The maximum atomic E-state index is 8.19. The molecule has 0 aromatic carbocycles. The van der Waals surface area contributed by atoms with Gasteiger partial charge in [-0.05, 0) is 80.5 Å². The van der Waals surface area contributed by atoms with E-state index in [0.717, 1.165) is 53.5 Å². The van der Waals surface area contributed by atoms with E-state index in [1.165, 1.54) is 32.1 Å². The third-order valence-electron chi connectivity index (χ3n) is 5.77. The molecule has 36 heavy (non-hydrogen) atoms. The van der Waals surface area contributed by atoms with E-state index in [9.17, 15) is 0 Å². The fourth-order valence-electron chi connectivity index (χ4n) is 3.97. The summed E-state index contributed by atoms with van der Waals surface area (Å²) in [6, 6.07) is 9.30. The number of nitrogens with one attached hydrogen (secondary N) is 1. The van der Waals surface area contributed by atoms with Gasteiger partial charge in [0.2, 0.25) is 0 Å². The first-order valence-electron chi connectivity index (χ1n) is 12.0. The topological polar surface area (TPSA) is 143 Å². The Bertz CT molecular complexity index is 1260. The van der Waals surface area contributed by atoms with Gasteiger partial charge in [-0.3, -0.25) is 20.4 Å². The lowest BCUT2D eigenvalue weighted by molar-refractivity contribution is 0.336. The van der Waals surface area contributed by atoms with E-state index in [1.54, 1.807) is 30.9 Å². The van der Waals surface area contributed by atoms with Crippen LogP contribution in [0.2, 0.25) is 0 Å². The first-order valence-corrected chi connectivity index (χ1v) is 12.8. The van der Waals surface area contributed by atoms with Crippen LogP contribution in [-0.4, -0.2) is 62.5 Å². The zero-order chi connectivity index (χ0) is 25.2. The number of thioether (sulfide) groups is 1. The van der Waals surface area contributed by atoms with Gasteiger partial charge < -0.3 is 16.4 Å². The molecule has 1 aliphatic heterocycles. The average molecular weight is 502 g/mol. The van der Waals surface area contributed by atoms with E-state index in [2.05, 4.69) is 29.8 Å². The second-order valence-corrected chi connectivity index (χ2v) is 9.62. The van der Waals surface area contributed by atoms with Gasteiger partial charge in [0.05, 0.1) is 16.1 Å². The zero-order valence-electron chi connectivity index (χ0n) is 20.2. The van der Waals surface area contributed by atoms with Crippen molar-refractivity contribution in [1.29, 1.82) is 5.41 Å². The van der Waals surface area contributed by atoms with Crippen LogP contribution in [0.3, 0.4) is 0 Å². The summed E-state index contributed by atoms with van der Waals surface area (Å²) in [7, 11) is 0. The van der Waals surface area contributed by atoms with Gasteiger partial charge in [0, 0.05) is 55.1 Å². The fourth-order valence-corrected chi connectivity index (χ4v) is 4.60. The summed E-state index contributed by atoms with van der Waals surface area (Å²) in [5, 5.41) is 8.82. The predicted octanol–water partition coefficient (Wildman–Crippen LogP) is 3.78. The molecule has 186 valence electrons. The number of aromatic nitrogens is 3. The molecule has 5 N–H and O–H groups in total. The van der Waals surface area contributed by atoms with Crippen LogP contribution < -0.4 is 11.5 Å². The minimum atomic E-state index is 0.253. The van der Waals surface area contributed by atoms with Gasteiger partial charge in [0.25, 0.3) is 0 Å². The SMILES string of the molecule is N=C(Cc1cccnc1)SC(N)=Nc1ccc2ncc(C(C=NCCCN3CCCC3)=CN)cc2n1. The van der Waals surface area contributed by atoms with E-state index in [-0.39, 0.29) is 5.17 Å². The molecule has 0 unspecified atom stereocenters. The summed E-state index contributed by atoms with van der Waals surface area (Å²) >= 11 is 1.11. The number of hydrogen-bond donors (Lipinski definition) is 3. The van der Waals surface area contributed by atoms with Crippen LogP contribution in [-0.2, 0) is 6.42 Å². The molecule has 1 fully saturated rings. The molecule has 3 aromatic rings. The van der Waals surface area contributed by atoms with Gasteiger partial charge in [0.1, 0.15) is 0 Å². The van der Waals surface area contributed by atoms with E-state index in [0.29, 0.717) is 22.8 Å². The molecule has 0 aliphatic carbocycles. The molecule has 10 heteroatoms. The highest BCUT2D eigenvalue weighted by atomic mass is 32.2. The highest BCUT2D eigenvalue weighted by Crippen LogP contribution is 2.21. The van der Waals surface area contributed by atoms with Crippen molar-refractivity contribution in [2.45, 2.75) is 25.7 Å². The largest absolute Gasteiger partial charge is 0.404 e. The quantitative estimate of drug-likeness (QED) is 0.230. The molecular formula is C26H31N9S. The number of likely N-dealkylation sites (tertiary alicyclic amines) is 1. The monoisotopic (exact) mass is 501 g/mol. The molecule has 4 heterocycles. The minimum absolute atomic E-state index is 0.253. The number of rotatable bonds is 9. The number of hydrogen-bond acceptors (Lipinski definition) is 9. The van der Waals surface area contributed by atoms with Crippen molar-refractivity contribution in [3.05, 3.63) is 66.2 Å². The van der Waals surface area contributed by atoms with Gasteiger partial charge in [-0.25, -0.2) is 9.98 Å². The van der Waals surface area contributed by atoms with Crippen LogP contribution in [0.25, 0.3) is 16.6 Å². The van der Waals surface area contributed by atoms with Crippen molar-refractivity contribution in [3.8, 4) is 0 Å². The Hall–Kier alpha value is -3.63. The van der Waals surface area contributed by atoms with Gasteiger partial charge in [-0.2, -0.15) is 0 Å². The Morgan fingerprint density at radius 1 is 1.17 bits per heavy atom. The summed E-state index contributed by atoms with van der Waals surface area (Å²) in [6.45, 7) is 4.27. The van der Waals surface area contributed by atoms with Crippen molar-refractivity contribution >= 4 is 50.6 Å². The number of nitrogens with two attached hydrogens (primary N) is 2. The molecule has 1 saturated heterocycles. The maximum Gasteiger partial charge on any atom is 0.166 e. The summed E-state index contributed by atoms with van der Waals surface area (Å²) in [5.74, 6) is 0.453. The highest BCUT2D eigenvalue weighted by molar-refractivity contribution is 8.26. The van der Waals surface area contributed by atoms with Crippen molar-refractivity contribution in [3.63, 3.8) is 0 Å². The van der Waals surface area contributed by atoms with Crippen molar-refractivity contribution in [2.75, 3.05) is 26.2 Å². The lowest BCUT2D eigenvalue weighted by Crippen LogP contribution is -2.20. The Morgan fingerprint density at radius 2 is 2.03 bits per heavy atom. The Morgan fingerprint density at radius 3 is 2.81 bits per heavy atom. The molecule has 0 amide bonds. The third-order valence-corrected chi connectivity index (χ3v) is 6.46. The predicted molar refractivity (Wildman–Crippen MR) is 150 cm³/mol. The fraction of sp³-hybridized carbons (Fsp3) is 0.308. The smallest absolute Gasteiger partial charge is 0.166 e. The first kappa shape index (κ1) is 25.5. The number of amidine groups is 1. The Labute approximate surface area is 215 Å². The standard InChI is InChI=1S/C26H31N9S/c27-15-21(17-31-9-4-12-35-10-1-2-11-35)20-14-23-22(32-18-20)6-7-25(33-23)34-26(29)36-24(28)13-19-5-3-8-30-16-19/h3,5-8,14-18,28H,1-2,4,9-13,27H2,(H2,29,33,34). The number of allylic oxidation sites excluding steroid dienone is 1. The molecule has 0 saturated carbocycles. The first-order chi connectivity index (χ1) is 17.6. The zero-order valence-corrected chi connectivity index (χ0v) is 21.0. The van der Waals surface area contributed by atoms with Crippen LogP contribution in [0, 0.1) is 5.41 Å². The van der Waals surface area contributed by atoms with Gasteiger partial charge in [-0.1, -0.05) is 6.07 Å². The van der Waals surface area contributed by atoms with Gasteiger partial charge in [-0.15, -0.1) is 0 Å². The van der Waals surface area contributed by atoms with E-state index < -0.39 is 0 Å². The molecule has 3 aromatic heterocycles. The maximum absolute atomic E-state index is 8.19. The molecular weight excluding hydrogens is 470 g/mol. The summed E-state index contributed by atoms with van der Waals surface area (Å²) in [4.78, 5) is 24.6. The number of pyridine rings is 3. The second-order valence-electron chi connectivity index (χ2n) is 8.50. The molecule has 0 atom stereocenters. The molecule has 9 nitrogen and oxygen atoms in total. The van der Waals surface area contributed by atoms with Gasteiger partial charge >= 0.3 is 0 Å². The normalized spacial score (nSPS) is 15.2. The average Bonchev–Trinajstić information content (AvgIpc) is 3.40. The van der Waals surface area contributed by atoms with Crippen LogP contribution >= 0.6 is 11.8 Å².